The molecule has 114 valence electrons. The number of para-hydroxylation sites is 1. The second-order valence-electron chi connectivity index (χ2n) is 5.93. The largest absolute Gasteiger partial charge is 0.361 e. The highest BCUT2D eigenvalue weighted by Crippen LogP contribution is 2.39. The molecule has 0 saturated carbocycles. The van der Waals surface area contributed by atoms with E-state index < -0.39 is 0 Å². The fourth-order valence-electron chi connectivity index (χ4n) is 3.40. The fourth-order valence-corrected chi connectivity index (χ4v) is 3.40. The van der Waals surface area contributed by atoms with E-state index in [0.717, 1.165) is 22.3 Å². The van der Waals surface area contributed by atoms with Crippen LogP contribution in [0.15, 0.2) is 54.0 Å². The number of hydrogen-bond donors (Lipinski definition) is 0. The normalized spacial score (nSPS) is 10.7. The third-order valence-corrected chi connectivity index (χ3v) is 4.23. The highest BCUT2D eigenvalue weighted by molar-refractivity contribution is 6.00. The Morgan fingerprint density at radius 3 is 2.13 bits per heavy atom. The molecular formula is C22H21O+. The zero-order valence-corrected chi connectivity index (χ0v) is 13.9. The maximum absolute atomic E-state index is 6.01. The van der Waals surface area contributed by atoms with Gasteiger partial charge in [0.05, 0.1) is 10.9 Å². The first-order chi connectivity index (χ1) is 11.1. The van der Waals surface area contributed by atoms with Gasteiger partial charge in [-0.25, -0.2) is 4.42 Å². The minimum Gasteiger partial charge on any atom is -0.207 e. The van der Waals surface area contributed by atoms with E-state index in [1.807, 2.05) is 24.3 Å². The van der Waals surface area contributed by atoms with E-state index in [-0.39, 0.29) is 0 Å². The molecule has 0 bridgehead atoms. The van der Waals surface area contributed by atoms with Gasteiger partial charge in [0.2, 0.25) is 0 Å². The van der Waals surface area contributed by atoms with Crippen molar-refractivity contribution in [3.63, 3.8) is 0 Å². The van der Waals surface area contributed by atoms with Crippen LogP contribution in [0.1, 0.15) is 28.0 Å². The van der Waals surface area contributed by atoms with E-state index in [4.69, 9.17) is 4.42 Å². The second-order valence-corrected chi connectivity index (χ2v) is 5.93. The average Bonchev–Trinajstić information content (AvgIpc) is 2.53. The van der Waals surface area contributed by atoms with Crippen molar-refractivity contribution in [3.05, 3.63) is 77.6 Å². The molecule has 0 aliphatic carbocycles. The molecule has 0 aliphatic rings. The van der Waals surface area contributed by atoms with Gasteiger partial charge in [-0.3, -0.25) is 0 Å². The second kappa shape index (κ2) is 5.85. The summed E-state index contributed by atoms with van der Waals surface area (Å²) in [5.74, 6) is 0.757. The molecule has 0 aliphatic heterocycles. The van der Waals surface area contributed by atoms with Gasteiger partial charge >= 0.3 is 11.3 Å². The number of benzene rings is 2. The molecule has 0 unspecified atom stereocenters. The minimum atomic E-state index is 0.757. The van der Waals surface area contributed by atoms with Crippen LogP contribution < -0.4 is 0 Å². The maximum atomic E-state index is 6.01. The molecule has 1 aromatic heterocycles. The van der Waals surface area contributed by atoms with E-state index in [9.17, 15) is 0 Å². The summed E-state index contributed by atoms with van der Waals surface area (Å²) in [5, 5.41) is 1.10. The van der Waals surface area contributed by atoms with Gasteiger partial charge in [-0.2, -0.15) is 0 Å². The molecule has 3 rings (SSSR count). The minimum absolute atomic E-state index is 0.757. The van der Waals surface area contributed by atoms with Gasteiger partial charge in [-0.1, -0.05) is 49.1 Å². The van der Waals surface area contributed by atoms with E-state index in [1.54, 1.807) is 6.08 Å². The molecule has 23 heavy (non-hydrogen) atoms. The Morgan fingerprint density at radius 2 is 1.52 bits per heavy atom. The lowest BCUT2D eigenvalue weighted by Crippen LogP contribution is -1.96. The van der Waals surface area contributed by atoms with Crippen LogP contribution in [-0.2, 0) is 0 Å². The molecule has 0 N–H and O–H groups in total. The molecule has 1 heteroatoms. The van der Waals surface area contributed by atoms with Crippen LogP contribution in [0.2, 0.25) is 0 Å². The lowest BCUT2D eigenvalue weighted by molar-refractivity contribution is 0.591. The smallest absolute Gasteiger partial charge is 0.207 e. The molecule has 0 amide bonds. The topological polar surface area (TPSA) is 11.3 Å². The van der Waals surface area contributed by atoms with E-state index in [0.29, 0.717) is 0 Å². The Balaban J connectivity index is 2.54. The van der Waals surface area contributed by atoms with Crippen molar-refractivity contribution in [2.45, 2.75) is 20.8 Å². The molecule has 2 aromatic carbocycles. The first kappa shape index (κ1) is 15.2. The molecular weight excluding hydrogens is 280 g/mol. The van der Waals surface area contributed by atoms with Crippen LogP contribution in [0.4, 0.5) is 0 Å². The van der Waals surface area contributed by atoms with E-state index >= 15 is 0 Å². The van der Waals surface area contributed by atoms with Gasteiger partial charge < -0.3 is 0 Å². The lowest BCUT2D eigenvalue weighted by Gasteiger charge is -2.14. The summed E-state index contributed by atoms with van der Waals surface area (Å²) in [6.45, 7) is 14.4. The first-order valence-corrected chi connectivity index (χ1v) is 7.78. The van der Waals surface area contributed by atoms with E-state index in [1.165, 1.54) is 27.8 Å². The predicted molar refractivity (Wildman–Crippen MR) is 100 cm³/mol. The summed E-state index contributed by atoms with van der Waals surface area (Å²) >= 11 is 0. The van der Waals surface area contributed by atoms with Gasteiger partial charge in [-0.15, -0.1) is 0 Å². The fraction of sp³-hybridized carbons (Fsp3) is 0.136. The Bertz CT molecular complexity index is 909. The third kappa shape index (κ3) is 2.49. The standard InChI is InChI=1S/C22H21O/c1-6-17-19(7-2)23-20-11-9-8-10-18(20)22(17)21-15(4)12-14(3)13-16(21)5/h6-13H,1-2H2,3-5H3/q+1. The first-order valence-electron chi connectivity index (χ1n) is 7.78. The van der Waals surface area contributed by atoms with Crippen LogP contribution >= 0.6 is 0 Å². The maximum Gasteiger partial charge on any atom is 0.361 e. The van der Waals surface area contributed by atoms with Crippen molar-refractivity contribution in [2.75, 3.05) is 0 Å². The van der Waals surface area contributed by atoms with Crippen LogP contribution in [-0.4, -0.2) is 0 Å². The van der Waals surface area contributed by atoms with Gasteiger partial charge in [0.25, 0.3) is 0 Å². The van der Waals surface area contributed by atoms with Crippen LogP contribution in [0.25, 0.3) is 34.2 Å². The van der Waals surface area contributed by atoms with Crippen molar-refractivity contribution < 1.29 is 4.42 Å². The van der Waals surface area contributed by atoms with E-state index in [2.05, 4.69) is 52.1 Å². The highest BCUT2D eigenvalue weighted by Gasteiger charge is 2.24. The summed E-state index contributed by atoms with van der Waals surface area (Å²) < 4.78 is 6.01. The summed E-state index contributed by atoms with van der Waals surface area (Å²) in [6, 6.07) is 12.6. The van der Waals surface area contributed by atoms with Gasteiger partial charge in [0.1, 0.15) is 0 Å². The molecule has 0 saturated heterocycles. The van der Waals surface area contributed by atoms with Crippen LogP contribution in [0, 0.1) is 20.8 Å². The highest BCUT2D eigenvalue weighted by atomic mass is 16.3. The lowest BCUT2D eigenvalue weighted by atomic mass is 9.88. The molecule has 1 nitrogen and oxygen atoms in total. The van der Waals surface area contributed by atoms with Crippen LogP contribution in [0.3, 0.4) is 0 Å². The average molecular weight is 301 g/mol. The van der Waals surface area contributed by atoms with Crippen molar-refractivity contribution in [1.29, 1.82) is 0 Å². The van der Waals surface area contributed by atoms with Crippen molar-refractivity contribution >= 4 is 23.1 Å². The SMILES string of the molecule is C=Cc1[o+]c2ccccc2c(-c2c(C)cc(C)cc2C)c1C=C. The summed E-state index contributed by atoms with van der Waals surface area (Å²) in [5.41, 5.74) is 8.08. The molecule has 0 radical (unpaired) electrons. The zero-order chi connectivity index (χ0) is 16.6. The van der Waals surface area contributed by atoms with Crippen molar-refractivity contribution in [1.82, 2.24) is 0 Å². The third-order valence-electron chi connectivity index (χ3n) is 4.23. The number of hydrogen-bond acceptors (Lipinski definition) is 0. The quantitative estimate of drug-likeness (QED) is 0.496. The van der Waals surface area contributed by atoms with Gasteiger partial charge in [0.15, 0.2) is 0 Å². The summed E-state index contributed by atoms with van der Waals surface area (Å²) in [6.07, 6.45) is 3.62. The Labute approximate surface area is 137 Å². The number of rotatable bonds is 3. The molecule has 1 heterocycles. The monoisotopic (exact) mass is 301 g/mol. The molecule has 0 fully saturated rings. The summed E-state index contributed by atoms with van der Waals surface area (Å²) in [4.78, 5) is 0. The Morgan fingerprint density at radius 1 is 0.870 bits per heavy atom. The predicted octanol–water partition coefficient (Wildman–Crippen LogP) is 6.59. The Kier molecular flexibility index (Phi) is 3.87. The number of fused-ring (bicyclic) bond motifs is 1. The summed E-state index contributed by atoms with van der Waals surface area (Å²) in [7, 11) is 0. The van der Waals surface area contributed by atoms with Gasteiger partial charge in [0, 0.05) is 17.7 Å². The zero-order valence-electron chi connectivity index (χ0n) is 13.9. The van der Waals surface area contributed by atoms with Crippen molar-refractivity contribution in [3.8, 4) is 11.1 Å². The molecule has 0 atom stereocenters. The van der Waals surface area contributed by atoms with Gasteiger partial charge in [-0.05, 0) is 43.5 Å². The van der Waals surface area contributed by atoms with Crippen LogP contribution in [0.5, 0.6) is 0 Å². The molecule has 0 spiro atoms. The number of aryl methyl sites for hydroxylation is 3. The Hall–Kier alpha value is -2.67. The van der Waals surface area contributed by atoms with Crippen molar-refractivity contribution in [2.24, 2.45) is 0 Å². The molecule has 3 aromatic rings.